The highest BCUT2D eigenvalue weighted by atomic mass is 16.5. The molecular formula is C10H17NO4. The molecule has 0 heterocycles. The van der Waals surface area contributed by atoms with E-state index in [9.17, 15) is 9.59 Å². The van der Waals surface area contributed by atoms with Gasteiger partial charge in [-0.3, -0.25) is 9.59 Å². The van der Waals surface area contributed by atoms with Crippen LogP contribution in [0.2, 0.25) is 0 Å². The number of rotatable bonds is 5. The molecule has 0 radical (unpaired) electrons. The second-order valence-corrected chi connectivity index (χ2v) is 4.53. The summed E-state index contributed by atoms with van der Waals surface area (Å²) in [6.45, 7) is 3.97. The SMILES string of the molecule is COC(C)(C)CNC(=O)C1(C(=O)O)CC1. The van der Waals surface area contributed by atoms with E-state index in [4.69, 9.17) is 9.84 Å². The van der Waals surface area contributed by atoms with Gasteiger partial charge in [0.15, 0.2) is 0 Å². The fourth-order valence-electron chi connectivity index (χ4n) is 1.20. The zero-order chi connectivity index (χ0) is 11.7. The molecule has 0 aliphatic heterocycles. The van der Waals surface area contributed by atoms with E-state index in [0.717, 1.165) is 0 Å². The fourth-order valence-corrected chi connectivity index (χ4v) is 1.20. The number of carboxylic acids is 1. The standard InChI is InChI=1S/C10H17NO4/c1-9(2,15-3)6-11-7(12)10(4-5-10)8(13)14/h4-6H2,1-3H3,(H,11,12)(H,13,14). The molecule has 0 aromatic rings. The molecule has 0 bridgehead atoms. The molecule has 86 valence electrons. The molecule has 1 amide bonds. The molecule has 1 aliphatic carbocycles. The highest BCUT2D eigenvalue weighted by Gasteiger charge is 2.57. The number of nitrogens with one attached hydrogen (secondary N) is 1. The summed E-state index contributed by atoms with van der Waals surface area (Å²) < 4.78 is 5.12. The predicted octanol–water partition coefficient (Wildman–Crippen LogP) is 0.392. The van der Waals surface area contributed by atoms with Crippen LogP contribution >= 0.6 is 0 Å². The van der Waals surface area contributed by atoms with Crippen LogP contribution in [-0.2, 0) is 14.3 Å². The average molecular weight is 215 g/mol. The lowest BCUT2D eigenvalue weighted by Gasteiger charge is -2.24. The molecule has 0 aromatic heterocycles. The highest BCUT2D eigenvalue weighted by Crippen LogP contribution is 2.46. The van der Waals surface area contributed by atoms with Crippen molar-refractivity contribution in [2.45, 2.75) is 32.3 Å². The molecule has 5 heteroatoms. The Bertz CT molecular complexity index is 281. The summed E-state index contributed by atoms with van der Waals surface area (Å²) in [5.41, 5.74) is -1.63. The smallest absolute Gasteiger partial charge is 0.319 e. The van der Waals surface area contributed by atoms with Crippen molar-refractivity contribution < 1.29 is 19.4 Å². The third-order valence-electron chi connectivity index (χ3n) is 2.82. The number of ether oxygens (including phenoxy) is 1. The summed E-state index contributed by atoms with van der Waals surface area (Å²) in [6.07, 6.45) is 0.864. The minimum absolute atomic E-state index is 0.317. The first kappa shape index (κ1) is 12.0. The topological polar surface area (TPSA) is 75.6 Å². The van der Waals surface area contributed by atoms with Crippen LogP contribution in [0.3, 0.4) is 0 Å². The van der Waals surface area contributed by atoms with Gasteiger partial charge in [0.1, 0.15) is 5.41 Å². The Morgan fingerprint density at radius 2 is 2.00 bits per heavy atom. The molecule has 15 heavy (non-hydrogen) atoms. The fraction of sp³-hybridized carbons (Fsp3) is 0.800. The van der Waals surface area contributed by atoms with E-state index >= 15 is 0 Å². The number of amides is 1. The maximum Gasteiger partial charge on any atom is 0.319 e. The van der Waals surface area contributed by atoms with E-state index < -0.39 is 22.9 Å². The normalized spacial score (nSPS) is 18.3. The van der Waals surface area contributed by atoms with Gasteiger partial charge in [0.2, 0.25) is 5.91 Å². The minimum atomic E-state index is -1.16. The summed E-state index contributed by atoms with van der Waals surface area (Å²) in [4.78, 5) is 22.4. The number of hydrogen-bond donors (Lipinski definition) is 2. The Morgan fingerprint density at radius 1 is 1.47 bits per heavy atom. The molecular weight excluding hydrogens is 198 g/mol. The van der Waals surface area contributed by atoms with Gasteiger partial charge in [-0.05, 0) is 26.7 Å². The average Bonchev–Trinajstić information content (AvgIpc) is 2.95. The van der Waals surface area contributed by atoms with Gasteiger partial charge in [-0.15, -0.1) is 0 Å². The number of carboxylic acid groups (broad SMARTS) is 1. The Morgan fingerprint density at radius 3 is 2.33 bits per heavy atom. The summed E-state index contributed by atoms with van der Waals surface area (Å²) in [6, 6.07) is 0. The maximum absolute atomic E-state index is 11.6. The third kappa shape index (κ3) is 2.47. The largest absolute Gasteiger partial charge is 0.480 e. The molecule has 1 fully saturated rings. The van der Waals surface area contributed by atoms with E-state index in [-0.39, 0.29) is 0 Å². The first-order valence-corrected chi connectivity index (χ1v) is 4.91. The van der Waals surface area contributed by atoms with Crippen molar-refractivity contribution in [1.82, 2.24) is 5.32 Å². The van der Waals surface area contributed by atoms with Gasteiger partial charge < -0.3 is 15.2 Å². The van der Waals surface area contributed by atoms with E-state index in [1.165, 1.54) is 0 Å². The Kier molecular flexibility index (Phi) is 3.04. The van der Waals surface area contributed by atoms with Crippen LogP contribution in [-0.4, -0.2) is 36.2 Å². The van der Waals surface area contributed by atoms with Crippen molar-refractivity contribution in [2.75, 3.05) is 13.7 Å². The summed E-state index contributed by atoms with van der Waals surface area (Å²) in [7, 11) is 1.55. The molecule has 1 rings (SSSR count). The Labute approximate surface area is 88.8 Å². The van der Waals surface area contributed by atoms with Crippen LogP contribution < -0.4 is 5.32 Å². The predicted molar refractivity (Wildman–Crippen MR) is 53.4 cm³/mol. The van der Waals surface area contributed by atoms with E-state index in [0.29, 0.717) is 19.4 Å². The zero-order valence-corrected chi connectivity index (χ0v) is 9.29. The number of carbonyl (C=O) groups excluding carboxylic acids is 1. The van der Waals surface area contributed by atoms with E-state index in [1.54, 1.807) is 7.11 Å². The van der Waals surface area contributed by atoms with Crippen molar-refractivity contribution in [3.05, 3.63) is 0 Å². The molecule has 0 spiro atoms. The lowest BCUT2D eigenvalue weighted by Crippen LogP contribution is -2.44. The van der Waals surface area contributed by atoms with Gasteiger partial charge in [-0.1, -0.05) is 0 Å². The first-order valence-electron chi connectivity index (χ1n) is 4.91. The number of aliphatic carboxylic acids is 1. The first-order chi connectivity index (χ1) is 6.84. The van der Waals surface area contributed by atoms with Crippen LogP contribution in [0.4, 0.5) is 0 Å². The monoisotopic (exact) mass is 215 g/mol. The van der Waals surface area contributed by atoms with Crippen molar-refractivity contribution in [3.8, 4) is 0 Å². The highest BCUT2D eigenvalue weighted by molar-refractivity contribution is 6.04. The second-order valence-electron chi connectivity index (χ2n) is 4.53. The van der Waals surface area contributed by atoms with Gasteiger partial charge in [-0.2, -0.15) is 0 Å². The quantitative estimate of drug-likeness (QED) is 0.650. The van der Waals surface area contributed by atoms with Crippen molar-refractivity contribution in [1.29, 1.82) is 0 Å². The minimum Gasteiger partial charge on any atom is -0.480 e. The van der Waals surface area contributed by atoms with Gasteiger partial charge in [0.05, 0.1) is 5.60 Å². The molecule has 0 aromatic carbocycles. The molecule has 2 N–H and O–H groups in total. The van der Waals surface area contributed by atoms with E-state index in [2.05, 4.69) is 5.32 Å². The Hall–Kier alpha value is -1.10. The van der Waals surface area contributed by atoms with Gasteiger partial charge in [-0.25, -0.2) is 0 Å². The second kappa shape index (κ2) is 3.81. The van der Waals surface area contributed by atoms with Crippen molar-refractivity contribution >= 4 is 11.9 Å². The van der Waals surface area contributed by atoms with Gasteiger partial charge >= 0.3 is 5.97 Å². The molecule has 1 aliphatic rings. The van der Waals surface area contributed by atoms with Crippen LogP contribution in [0, 0.1) is 5.41 Å². The number of hydrogen-bond acceptors (Lipinski definition) is 3. The summed E-state index contributed by atoms with van der Waals surface area (Å²) >= 11 is 0. The van der Waals surface area contributed by atoms with Crippen LogP contribution in [0.25, 0.3) is 0 Å². The van der Waals surface area contributed by atoms with Crippen LogP contribution in [0.5, 0.6) is 0 Å². The van der Waals surface area contributed by atoms with E-state index in [1.807, 2.05) is 13.8 Å². The third-order valence-corrected chi connectivity index (χ3v) is 2.82. The zero-order valence-electron chi connectivity index (χ0n) is 9.29. The molecule has 1 saturated carbocycles. The molecule has 0 atom stereocenters. The summed E-state index contributed by atoms with van der Waals surface area (Å²) in [5, 5.41) is 11.5. The van der Waals surface area contributed by atoms with Gasteiger partial charge in [0, 0.05) is 13.7 Å². The van der Waals surface area contributed by atoms with Crippen molar-refractivity contribution in [2.24, 2.45) is 5.41 Å². The van der Waals surface area contributed by atoms with Crippen LogP contribution in [0.1, 0.15) is 26.7 Å². The number of carbonyl (C=O) groups is 2. The van der Waals surface area contributed by atoms with Crippen LogP contribution in [0.15, 0.2) is 0 Å². The lowest BCUT2D eigenvalue weighted by atomic mass is 10.1. The van der Waals surface area contributed by atoms with Gasteiger partial charge in [0.25, 0.3) is 0 Å². The summed E-state index contributed by atoms with van der Waals surface area (Å²) in [5.74, 6) is -1.43. The molecule has 5 nitrogen and oxygen atoms in total. The Balaban J connectivity index is 2.47. The number of methoxy groups -OCH3 is 1. The lowest BCUT2D eigenvalue weighted by molar-refractivity contribution is -0.149. The van der Waals surface area contributed by atoms with Crippen molar-refractivity contribution in [3.63, 3.8) is 0 Å². The maximum atomic E-state index is 11.6. The molecule has 0 saturated heterocycles. The molecule has 0 unspecified atom stereocenters.